The SMILES string of the molecule is [15NH2]c1ccc(Oc2ccc([15NH2])cc2)cc1. The van der Waals surface area contributed by atoms with Gasteiger partial charge in [0.15, 0.2) is 0 Å². The van der Waals surface area contributed by atoms with Crippen molar-refractivity contribution in [2.24, 2.45) is 0 Å². The van der Waals surface area contributed by atoms with E-state index in [1.165, 1.54) is 0 Å². The van der Waals surface area contributed by atoms with Crippen molar-refractivity contribution in [1.82, 2.24) is 0 Å². The Hall–Kier alpha value is -2.16. The molecular formula is C12H12N2O. The maximum atomic E-state index is 5.58. The molecule has 76 valence electrons. The van der Waals surface area contributed by atoms with Crippen molar-refractivity contribution < 1.29 is 4.74 Å². The molecule has 3 nitrogen and oxygen atoms in total. The standard InChI is InChI=1S/C12H12N2O/c13-9-1-5-11(6-2-9)15-12-7-3-10(14)4-8-12/h1-8H,13-14H2/i13+1,14+1. The lowest BCUT2D eigenvalue weighted by molar-refractivity contribution is 0.483. The van der Waals surface area contributed by atoms with Crippen LogP contribution in [0.5, 0.6) is 11.5 Å². The molecule has 0 aliphatic heterocycles. The molecule has 2 aromatic rings. The molecular weight excluding hydrogens is 190 g/mol. The van der Waals surface area contributed by atoms with E-state index in [9.17, 15) is 0 Å². The minimum atomic E-state index is 0.722. The van der Waals surface area contributed by atoms with Crippen LogP contribution in [0.15, 0.2) is 48.5 Å². The Morgan fingerprint density at radius 1 is 0.600 bits per heavy atom. The summed E-state index contributed by atoms with van der Waals surface area (Å²) in [5.74, 6) is 1.52. The van der Waals surface area contributed by atoms with Gasteiger partial charge in [0, 0.05) is 11.4 Å². The van der Waals surface area contributed by atoms with Crippen LogP contribution >= 0.6 is 0 Å². The zero-order valence-corrected chi connectivity index (χ0v) is 8.18. The van der Waals surface area contributed by atoms with E-state index in [4.69, 9.17) is 16.2 Å². The van der Waals surface area contributed by atoms with Crippen molar-refractivity contribution in [2.45, 2.75) is 0 Å². The van der Waals surface area contributed by atoms with Gasteiger partial charge >= 0.3 is 0 Å². The predicted molar refractivity (Wildman–Crippen MR) is 61.8 cm³/mol. The average Bonchev–Trinajstić information content (AvgIpc) is 2.25. The molecule has 2 rings (SSSR count). The van der Waals surface area contributed by atoms with Crippen LogP contribution in [0.3, 0.4) is 0 Å². The Balaban J connectivity index is 2.15. The number of ether oxygens (including phenoxy) is 1. The largest absolute Gasteiger partial charge is 0.457 e. The topological polar surface area (TPSA) is 61.3 Å². The molecule has 0 atom stereocenters. The van der Waals surface area contributed by atoms with Crippen molar-refractivity contribution in [3.05, 3.63) is 48.5 Å². The summed E-state index contributed by atoms with van der Waals surface area (Å²) in [4.78, 5) is 0. The van der Waals surface area contributed by atoms with Gasteiger partial charge in [0.1, 0.15) is 11.5 Å². The highest BCUT2D eigenvalue weighted by Crippen LogP contribution is 2.22. The first-order valence-corrected chi connectivity index (χ1v) is 4.63. The van der Waals surface area contributed by atoms with E-state index in [0.717, 1.165) is 22.9 Å². The molecule has 0 saturated heterocycles. The van der Waals surface area contributed by atoms with Crippen LogP contribution in [0.25, 0.3) is 0 Å². The van der Waals surface area contributed by atoms with Crippen LogP contribution in [-0.4, -0.2) is 0 Å². The highest BCUT2D eigenvalue weighted by molar-refractivity contribution is 5.45. The van der Waals surface area contributed by atoms with E-state index in [2.05, 4.69) is 0 Å². The molecule has 0 unspecified atom stereocenters. The molecule has 0 aromatic heterocycles. The average molecular weight is 202 g/mol. The number of hydrogen-bond donors (Lipinski definition) is 2. The minimum Gasteiger partial charge on any atom is -0.457 e. The van der Waals surface area contributed by atoms with Gasteiger partial charge in [-0.1, -0.05) is 0 Å². The summed E-state index contributed by atoms with van der Waals surface area (Å²) in [6.45, 7) is 0. The van der Waals surface area contributed by atoms with E-state index in [-0.39, 0.29) is 0 Å². The van der Waals surface area contributed by atoms with Gasteiger partial charge in [-0.15, -0.1) is 0 Å². The van der Waals surface area contributed by atoms with Crippen molar-refractivity contribution in [1.29, 1.82) is 0 Å². The van der Waals surface area contributed by atoms with Crippen molar-refractivity contribution in [3.8, 4) is 11.5 Å². The minimum absolute atomic E-state index is 0.722. The highest BCUT2D eigenvalue weighted by atomic mass is 16.5. The summed E-state index contributed by atoms with van der Waals surface area (Å²) in [6, 6.07) is 14.5. The second-order valence-corrected chi connectivity index (χ2v) is 3.24. The summed E-state index contributed by atoms with van der Waals surface area (Å²) in [7, 11) is 0. The van der Waals surface area contributed by atoms with Crippen LogP contribution in [0, 0.1) is 0 Å². The summed E-state index contributed by atoms with van der Waals surface area (Å²) in [5.41, 5.74) is 12.6. The van der Waals surface area contributed by atoms with Gasteiger partial charge in [-0.25, -0.2) is 0 Å². The maximum Gasteiger partial charge on any atom is 0.127 e. The third-order valence-electron chi connectivity index (χ3n) is 2.00. The zero-order valence-electron chi connectivity index (χ0n) is 8.18. The maximum absolute atomic E-state index is 5.58. The fourth-order valence-electron chi connectivity index (χ4n) is 1.21. The molecule has 0 amide bonds. The number of benzene rings is 2. The monoisotopic (exact) mass is 202 g/mol. The Labute approximate surface area is 88.3 Å². The van der Waals surface area contributed by atoms with E-state index in [1.807, 2.05) is 24.3 Å². The quantitative estimate of drug-likeness (QED) is 0.581. The lowest BCUT2D eigenvalue weighted by Crippen LogP contribution is -1.87. The van der Waals surface area contributed by atoms with Crippen LogP contribution in [-0.2, 0) is 0 Å². The van der Waals surface area contributed by atoms with Crippen LogP contribution in [0.1, 0.15) is 0 Å². The number of nitrogen functional groups attached to an aromatic ring is 2. The molecule has 0 aliphatic carbocycles. The molecule has 4 N–H and O–H groups in total. The molecule has 3 heteroatoms. The van der Waals surface area contributed by atoms with Crippen molar-refractivity contribution in [2.75, 3.05) is 11.5 Å². The van der Waals surface area contributed by atoms with Crippen molar-refractivity contribution in [3.63, 3.8) is 0 Å². The van der Waals surface area contributed by atoms with Gasteiger partial charge in [-0.05, 0) is 48.5 Å². The van der Waals surface area contributed by atoms with E-state index < -0.39 is 0 Å². The molecule has 0 radical (unpaired) electrons. The number of hydrogen-bond acceptors (Lipinski definition) is 3. The first-order chi connectivity index (χ1) is 7.24. The molecule has 0 bridgehead atoms. The fraction of sp³-hybridized carbons (Fsp3) is 0. The predicted octanol–water partition coefficient (Wildman–Crippen LogP) is 2.64. The Morgan fingerprint density at radius 2 is 0.933 bits per heavy atom. The van der Waals surface area contributed by atoms with Gasteiger partial charge in [0.25, 0.3) is 0 Å². The van der Waals surface area contributed by atoms with Crippen LogP contribution in [0.2, 0.25) is 0 Å². The first kappa shape index (κ1) is 9.40. The highest BCUT2D eigenvalue weighted by Gasteiger charge is 1.96. The Kier molecular flexibility index (Phi) is 2.46. The van der Waals surface area contributed by atoms with Crippen molar-refractivity contribution >= 4 is 11.4 Å². The Bertz CT molecular complexity index is 391. The second kappa shape index (κ2) is 3.92. The first-order valence-electron chi connectivity index (χ1n) is 4.63. The van der Waals surface area contributed by atoms with E-state index >= 15 is 0 Å². The van der Waals surface area contributed by atoms with E-state index in [0.29, 0.717) is 0 Å². The fourth-order valence-corrected chi connectivity index (χ4v) is 1.21. The molecule has 0 fully saturated rings. The van der Waals surface area contributed by atoms with Gasteiger partial charge in [0.05, 0.1) is 0 Å². The molecule has 0 aliphatic rings. The number of rotatable bonds is 2. The third kappa shape index (κ3) is 2.40. The normalized spacial score (nSPS) is 9.87. The second-order valence-electron chi connectivity index (χ2n) is 3.24. The lowest BCUT2D eigenvalue weighted by Gasteiger charge is -2.05. The molecule has 2 aromatic carbocycles. The van der Waals surface area contributed by atoms with Crippen LogP contribution < -0.4 is 16.2 Å². The van der Waals surface area contributed by atoms with Gasteiger partial charge in [-0.3, -0.25) is 0 Å². The van der Waals surface area contributed by atoms with Crippen LogP contribution in [0.4, 0.5) is 11.4 Å². The molecule has 0 spiro atoms. The summed E-state index contributed by atoms with van der Waals surface area (Å²) >= 11 is 0. The zero-order chi connectivity index (χ0) is 10.7. The third-order valence-corrected chi connectivity index (χ3v) is 2.00. The summed E-state index contributed by atoms with van der Waals surface area (Å²) in [5, 5.41) is 0. The van der Waals surface area contributed by atoms with E-state index in [1.54, 1.807) is 24.3 Å². The molecule has 0 heterocycles. The summed E-state index contributed by atoms with van der Waals surface area (Å²) in [6.07, 6.45) is 0. The smallest absolute Gasteiger partial charge is 0.127 e. The van der Waals surface area contributed by atoms with Gasteiger partial charge in [0.2, 0.25) is 0 Å². The Morgan fingerprint density at radius 3 is 1.27 bits per heavy atom. The van der Waals surface area contributed by atoms with Gasteiger partial charge < -0.3 is 16.2 Å². The molecule has 15 heavy (non-hydrogen) atoms. The summed E-state index contributed by atoms with van der Waals surface area (Å²) < 4.78 is 5.58. The molecule has 0 saturated carbocycles. The lowest BCUT2D eigenvalue weighted by atomic mass is 10.3. The van der Waals surface area contributed by atoms with Gasteiger partial charge in [-0.2, -0.15) is 0 Å². The number of anilines is 2. The number of nitrogens with two attached hydrogens (primary N) is 2.